The largest absolute Gasteiger partial charge is 0.452 e. The number of sulfone groups is 1. The van der Waals surface area contributed by atoms with Crippen molar-refractivity contribution in [3.63, 3.8) is 0 Å². The van der Waals surface area contributed by atoms with Crippen LogP contribution in [0.1, 0.15) is 23.8 Å². The number of hydrogen-bond donors (Lipinski definition) is 2. The summed E-state index contributed by atoms with van der Waals surface area (Å²) in [6, 6.07) is 1.97. The van der Waals surface area contributed by atoms with Gasteiger partial charge in [0.25, 0.3) is 0 Å². The fourth-order valence-electron chi connectivity index (χ4n) is 3.71. The molecule has 2 aliphatic rings. The summed E-state index contributed by atoms with van der Waals surface area (Å²) in [5, 5.41) is 13.5. The number of aryl methyl sites for hydroxylation is 1. The fraction of sp³-hybridized carbons (Fsp3) is 0.440. The Labute approximate surface area is 212 Å². The van der Waals surface area contributed by atoms with Crippen LogP contribution in [0.25, 0.3) is 0 Å². The summed E-state index contributed by atoms with van der Waals surface area (Å²) in [5.74, 6) is 0.186. The van der Waals surface area contributed by atoms with E-state index in [4.69, 9.17) is 15.1 Å². The molecular formula is C25H35N5O3S2. The zero-order chi connectivity index (χ0) is 25.8. The molecule has 0 saturated carbocycles. The number of likely N-dealkylation sites (N-methyl/N-ethyl adjacent to an activating group) is 1. The van der Waals surface area contributed by atoms with Gasteiger partial charge in [-0.2, -0.15) is 0 Å². The first-order chi connectivity index (χ1) is 16.5. The summed E-state index contributed by atoms with van der Waals surface area (Å²) in [6.07, 6.45) is 7.18. The minimum atomic E-state index is -3.36. The van der Waals surface area contributed by atoms with Crippen molar-refractivity contribution in [3.8, 4) is 0 Å². The van der Waals surface area contributed by atoms with Gasteiger partial charge in [0.05, 0.1) is 27.8 Å². The lowest BCUT2D eigenvalue weighted by atomic mass is 10.1. The lowest BCUT2D eigenvalue weighted by molar-refractivity contribution is 0.188. The van der Waals surface area contributed by atoms with Crippen molar-refractivity contribution in [3.05, 3.63) is 68.1 Å². The number of hydrogen-bond acceptors (Lipinski definition) is 9. The second-order valence-corrected chi connectivity index (χ2v) is 11.9. The smallest absolute Gasteiger partial charge is 0.225 e. The number of nitrogens with one attached hydrogen (secondary N) is 2. The van der Waals surface area contributed by atoms with E-state index in [-0.39, 0.29) is 11.7 Å². The molecule has 1 aliphatic carbocycles. The van der Waals surface area contributed by atoms with Crippen LogP contribution in [0.4, 0.5) is 0 Å². The Morgan fingerprint density at radius 1 is 1.31 bits per heavy atom. The molecule has 2 N–H and O–H groups in total. The topological polar surface area (TPSA) is 98.1 Å². The van der Waals surface area contributed by atoms with Crippen LogP contribution in [0.2, 0.25) is 0 Å². The van der Waals surface area contributed by atoms with E-state index in [9.17, 15) is 8.42 Å². The summed E-state index contributed by atoms with van der Waals surface area (Å²) in [4.78, 5) is 10.0. The van der Waals surface area contributed by atoms with Crippen LogP contribution in [0, 0.1) is 12.3 Å². The molecular weight excluding hydrogens is 482 g/mol. The first-order valence-electron chi connectivity index (χ1n) is 11.5. The molecule has 8 nitrogen and oxygen atoms in total. The molecule has 35 heavy (non-hydrogen) atoms. The molecule has 0 spiro atoms. The molecule has 1 aromatic rings. The van der Waals surface area contributed by atoms with Crippen LogP contribution in [-0.4, -0.2) is 83.1 Å². The van der Waals surface area contributed by atoms with Gasteiger partial charge in [-0.25, -0.2) is 13.4 Å². The fourth-order valence-corrected chi connectivity index (χ4v) is 5.99. The molecule has 190 valence electrons. The highest BCUT2D eigenvalue weighted by atomic mass is 32.2. The number of ether oxygens (including phenoxy) is 1. The molecule has 0 amide bonds. The third-order valence-electron chi connectivity index (χ3n) is 5.98. The molecule has 0 aromatic carbocycles. The molecule has 10 heteroatoms. The average Bonchev–Trinajstić information content (AvgIpc) is 3.08. The first-order valence-corrected chi connectivity index (χ1v) is 14.0. The van der Waals surface area contributed by atoms with Crippen molar-refractivity contribution in [2.24, 2.45) is 4.99 Å². The molecule has 0 bridgehead atoms. The average molecular weight is 518 g/mol. The van der Waals surface area contributed by atoms with Crippen LogP contribution in [0.3, 0.4) is 0 Å². The molecule has 0 saturated heterocycles. The van der Waals surface area contributed by atoms with Crippen molar-refractivity contribution in [2.75, 3.05) is 47.0 Å². The normalized spacial score (nSPS) is 17.7. The van der Waals surface area contributed by atoms with E-state index < -0.39 is 16.1 Å². The van der Waals surface area contributed by atoms with Crippen molar-refractivity contribution in [2.45, 2.75) is 26.5 Å². The molecule has 2 heterocycles. The van der Waals surface area contributed by atoms with Gasteiger partial charge in [-0.05, 0) is 70.1 Å². The SMILES string of the molecule is CNC(OC(=N)c1sccc1C)C1=C(C)N(C)CC(C2=CCC=C(S(=O)(=O)CCN(C)C)C=C2)=N1. The number of thiophene rings is 1. The number of aliphatic imine (C=N–C) groups is 1. The van der Waals surface area contributed by atoms with Gasteiger partial charge in [0.15, 0.2) is 16.1 Å². The molecule has 0 fully saturated rings. The monoisotopic (exact) mass is 517 g/mol. The summed E-state index contributed by atoms with van der Waals surface area (Å²) < 4.78 is 31.5. The number of allylic oxidation sites excluding steroid dienone is 5. The summed E-state index contributed by atoms with van der Waals surface area (Å²) >= 11 is 1.48. The molecule has 1 unspecified atom stereocenters. The number of nitrogens with zero attached hydrogens (tertiary/aromatic N) is 3. The van der Waals surface area contributed by atoms with Gasteiger partial charge in [-0.15, -0.1) is 11.3 Å². The lowest BCUT2D eigenvalue weighted by Gasteiger charge is -2.31. The Balaban J connectivity index is 1.83. The van der Waals surface area contributed by atoms with E-state index in [2.05, 4.69) is 10.2 Å². The molecule has 1 atom stereocenters. The highest BCUT2D eigenvalue weighted by Gasteiger charge is 2.27. The van der Waals surface area contributed by atoms with Crippen molar-refractivity contribution < 1.29 is 13.2 Å². The predicted molar refractivity (Wildman–Crippen MR) is 145 cm³/mol. The second-order valence-electron chi connectivity index (χ2n) is 8.89. The third kappa shape index (κ3) is 6.58. The minimum Gasteiger partial charge on any atom is -0.452 e. The van der Waals surface area contributed by atoms with Crippen molar-refractivity contribution >= 4 is 32.8 Å². The molecule has 1 aromatic heterocycles. The van der Waals surface area contributed by atoms with Crippen LogP contribution in [0.5, 0.6) is 0 Å². The van der Waals surface area contributed by atoms with Crippen LogP contribution < -0.4 is 5.32 Å². The predicted octanol–water partition coefficient (Wildman–Crippen LogP) is 3.31. The van der Waals surface area contributed by atoms with Crippen molar-refractivity contribution in [1.29, 1.82) is 5.41 Å². The maximum absolute atomic E-state index is 12.8. The Morgan fingerprint density at radius 2 is 2.06 bits per heavy atom. The zero-order valence-corrected chi connectivity index (χ0v) is 22.9. The van der Waals surface area contributed by atoms with E-state index in [0.29, 0.717) is 30.1 Å². The van der Waals surface area contributed by atoms with Gasteiger partial charge < -0.3 is 14.5 Å². The summed E-state index contributed by atoms with van der Waals surface area (Å²) in [5.41, 5.74) is 4.36. The standard InChI is InChI=1S/C25H35N5O3S2/c1-17-12-14-34-23(17)24(26)33-25(27-3)22-18(2)30(6)16-21(28-22)19-8-7-9-20(11-10-19)35(31,32)15-13-29(4)5/h8-12,14,25-27H,7,13,15-16H2,1-6H3. The third-order valence-corrected chi connectivity index (χ3v) is 8.74. The van der Waals surface area contributed by atoms with Gasteiger partial charge in [0.1, 0.15) is 5.70 Å². The van der Waals surface area contributed by atoms with Gasteiger partial charge in [0.2, 0.25) is 5.90 Å². The Morgan fingerprint density at radius 3 is 2.69 bits per heavy atom. The van der Waals surface area contributed by atoms with Crippen molar-refractivity contribution in [1.82, 2.24) is 15.1 Å². The van der Waals surface area contributed by atoms with E-state index in [1.165, 1.54) is 11.3 Å². The van der Waals surface area contributed by atoms with E-state index in [1.54, 1.807) is 19.2 Å². The van der Waals surface area contributed by atoms with Crippen LogP contribution >= 0.6 is 11.3 Å². The quantitative estimate of drug-likeness (QED) is 0.296. The molecule has 0 radical (unpaired) electrons. The second kappa shape index (κ2) is 11.5. The molecule has 1 aliphatic heterocycles. The minimum absolute atomic E-state index is 0.0815. The maximum Gasteiger partial charge on any atom is 0.225 e. The highest BCUT2D eigenvalue weighted by molar-refractivity contribution is 7.95. The molecule has 3 rings (SSSR count). The number of rotatable bonds is 9. The first kappa shape index (κ1) is 27.1. The Kier molecular flexibility index (Phi) is 8.87. The van der Waals surface area contributed by atoms with Gasteiger partial charge in [-0.3, -0.25) is 10.7 Å². The van der Waals surface area contributed by atoms with Crippen LogP contribution in [-0.2, 0) is 14.6 Å². The highest BCUT2D eigenvalue weighted by Crippen LogP contribution is 2.26. The van der Waals surface area contributed by atoms with E-state index in [1.807, 2.05) is 63.5 Å². The van der Waals surface area contributed by atoms with Gasteiger partial charge >= 0.3 is 0 Å². The van der Waals surface area contributed by atoms with Crippen LogP contribution in [0.15, 0.2) is 62.6 Å². The summed E-state index contributed by atoms with van der Waals surface area (Å²) in [7, 11) is 4.14. The van der Waals surface area contributed by atoms with E-state index in [0.717, 1.165) is 27.4 Å². The van der Waals surface area contributed by atoms with E-state index >= 15 is 0 Å². The summed E-state index contributed by atoms with van der Waals surface area (Å²) in [6.45, 7) is 5.01. The van der Waals surface area contributed by atoms with Gasteiger partial charge in [-0.1, -0.05) is 18.2 Å². The zero-order valence-electron chi connectivity index (χ0n) is 21.3. The lowest BCUT2D eigenvalue weighted by Crippen LogP contribution is -2.38. The Hall–Kier alpha value is -2.53. The Bertz CT molecular complexity index is 1220. The van der Waals surface area contributed by atoms with Gasteiger partial charge in [0, 0.05) is 19.3 Å². The maximum atomic E-state index is 12.8.